The quantitative estimate of drug-likeness (QED) is 0.208. The zero-order chi connectivity index (χ0) is 21.8. The Balaban J connectivity index is 1.70. The molecule has 2 rings (SSSR count). The first-order valence-corrected chi connectivity index (χ1v) is 10.7. The average molecular weight is 419 g/mol. The summed E-state index contributed by atoms with van der Waals surface area (Å²) in [5.41, 5.74) is 0. The Labute approximate surface area is 178 Å². The number of rotatable bonds is 12. The van der Waals surface area contributed by atoms with Crippen LogP contribution in [-0.2, 0) is 9.53 Å². The number of carbonyl (C=O) groups is 1. The van der Waals surface area contributed by atoms with Crippen LogP contribution in [0.2, 0.25) is 0 Å². The highest BCUT2D eigenvalue weighted by Crippen LogP contribution is 2.39. The van der Waals surface area contributed by atoms with E-state index in [1.807, 2.05) is 42.5 Å². The zero-order valence-electron chi connectivity index (χ0n) is 17.6. The molecule has 0 unspecified atom stereocenters. The van der Waals surface area contributed by atoms with Crippen molar-refractivity contribution in [2.24, 2.45) is 11.8 Å². The SMILES string of the molecule is CC(=O)O/C=C/C=C/CCC[C@@H]1[C@@H](CC[C@@H](O)COc2ccccc2)[C@H](O)C[C@@H]1O. The second kappa shape index (κ2) is 13.2. The van der Waals surface area contributed by atoms with Gasteiger partial charge in [-0.05, 0) is 68.6 Å². The molecule has 1 aliphatic carbocycles. The molecule has 0 aliphatic heterocycles. The topological polar surface area (TPSA) is 96.2 Å². The molecule has 1 aromatic carbocycles. The molecule has 1 fully saturated rings. The molecule has 1 aromatic rings. The van der Waals surface area contributed by atoms with Gasteiger partial charge in [-0.15, -0.1) is 0 Å². The van der Waals surface area contributed by atoms with Crippen LogP contribution in [0.4, 0.5) is 0 Å². The van der Waals surface area contributed by atoms with Crippen LogP contribution >= 0.6 is 0 Å². The van der Waals surface area contributed by atoms with E-state index < -0.39 is 18.3 Å². The predicted octanol–water partition coefficient (Wildman–Crippen LogP) is 3.37. The number of hydrogen-bond donors (Lipinski definition) is 3. The lowest BCUT2D eigenvalue weighted by molar-refractivity contribution is -0.135. The van der Waals surface area contributed by atoms with E-state index in [1.54, 1.807) is 6.08 Å². The van der Waals surface area contributed by atoms with Gasteiger partial charge in [-0.2, -0.15) is 0 Å². The Morgan fingerprint density at radius 3 is 2.53 bits per heavy atom. The third kappa shape index (κ3) is 8.69. The maximum Gasteiger partial charge on any atom is 0.307 e. The number of carbonyl (C=O) groups excluding carboxylic acids is 1. The van der Waals surface area contributed by atoms with E-state index in [-0.39, 0.29) is 24.4 Å². The Kier molecular flexibility index (Phi) is 10.6. The first-order valence-electron chi connectivity index (χ1n) is 10.7. The van der Waals surface area contributed by atoms with Gasteiger partial charge in [-0.1, -0.05) is 30.4 Å². The van der Waals surface area contributed by atoms with Crippen molar-refractivity contribution in [1.29, 1.82) is 0 Å². The van der Waals surface area contributed by atoms with Gasteiger partial charge in [0.1, 0.15) is 12.4 Å². The predicted molar refractivity (Wildman–Crippen MR) is 115 cm³/mol. The van der Waals surface area contributed by atoms with Crippen molar-refractivity contribution in [1.82, 2.24) is 0 Å². The Morgan fingerprint density at radius 1 is 1.13 bits per heavy atom. The van der Waals surface area contributed by atoms with E-state index in [0.717, 1.165) is 25.0 Å². The van der Waals surface area contributed by atoms with E-state index in [0.29, 0.717) is 19.3 Å². The molecular weight excluding hydrogens is 384 g/mol. The number of ether oxygens (including phenoxy) is 2. The van der Waals surface area contributed by atoms with Crippen molar-refractivity contribution in [3.8, 4) is 5.75 Å². The van der Waals surface area contributed by atoms with Gasteiger partial charge in [0, 0.05) is 6.92 Å². The highest BCUT2D eigenvalue weighted by Gasteiger charge is 2.40. The second-order valence-corrected chi connectivity index (χ2v) is 7.85. The Morgan fingerprint density at radius 2 is 1.83 bits per heavy atom. The lowest BCUT2D eigenvalue weighted by Gasteiger charge is -2.24. The van der Waals surface area contributed by atoms with Crippen molar-refractivity contribution in [2.45, 2.75) is 63.8 Å². The summed E-state index contributed by atoms with van der Waals surface area (Å²) in [7, 11) is 0. The van der Waals surface area contributed by atoms with Gasteiger partial charge in [0.05, 0.1) is 24.6 Å². The lowest BCUT2D eigenvalue weighted by atomic mass is 9.85. The fraction of sp³-hybridized carbons (Fsp3) is 0.542. The second-order valence-electron chi connectivity index (χ2n) is 7.85. The van der Waals surface area contributed by atoms with Crippen LogP contribution in [0.25, 0.3) is 0 Å². The maximum absolute atomic E-state index is 10.6. The van der Waals surface area contributed by atoms with Crippen LogP contribution in [0, 0.1) is 11.8 Å². The molecule has 6 heteroatoms. The standard InChI is InChI=1S/C24H34O6/c1-18(25)29-15-9-4-2-3-8-12-21-22(24(28)16-23(21)27)14-13-19(26)17-30-20-10-6-5-7-11-20/h2,4-7,9-11,15,19,21-24,26-28H,3,8,12-14,16-17H2,1H3/b4-2+,15-9+/t19-,21-,22-,23+,24-/m1/s1. The summed E-state index contributed by atoms with van der Waals surface area (Å²) in [5.74, 6) is 0.393. The van der Waals surface area contributed by atoms with Crippen molar-refractivity contribution in [2.75, 3.05) is 6.61 Å². The molecule has 1 aliphatic rings. The van der Waals surface area contributed by atoms with Crippen LogP contribution in [0.3, 0.4) is 0 Å². The molecule has 5 atom stereocenters. The molecule has 166 valence electrons. The summed E-state index contributed by atoms with van der Waals surface area (Å²) in [6, 6.07) is 9.37. The summed E-state index contributed by atoms with van der Waals surface area (Å²) in [6.45, 7) is 1.56. The smallest absolute Gasteiger partial charge is 0.307 e. The number of allylic oxidation sites excluding steroid dienone is 3. The largest absolute Gasteiger partial charge is 0.491 e. The van der Waals surface area contributed by atoms with Crippen LogP contribution in [0.1, 0.15) is 45.4 Å². The van der Waals surface area contributed by atoms with Crippen LogP contribution in [-0.4, -0.2) is 46.2 Å². The summed E-state index contributed by atoms with van der Waals surface area (Å²) in [4.78, 5) is 10.6. The molecule has 0 bridgehead atoms. The fourth-order valence-electron chi connectivity index (χ4n) is 3.98. The summed E-state index contributed by atoms with van der Waals surface area (Å²) >= 11 is 0. The minimum atomic E-state index is -0.609. The number of benzene rings is 1. The minimum absolute atomic E-state index is 0.0146. The summed E-state index contributed by atoms with van der Waals surface area (Å²) in [6.07, 6.45) is 9.29. The molecule has 1 saturated carbocycles. The van der Waals surface area contributed by atoms with Gasteiger partial charge in [-0.25, -0.2) is 0 Å². The van der Waals surface area contributed by atoms with Gasteiger partial charge in [0.25, 0.3) is 0 Å². The van der Waals surface area contributed by atoms with Gasteiger partial charge in [-0.3, -0.25) is 4.79 Å². The van der Waals surface area contributed by atoms with Crippen molar-refractivity contribution >= 4 is 5.97 Å². The van der Waals surface area contributed by atoms with Crippen molar-refractivity contribution in [3.05, 3.63) is 54.8 Å². The third-order valence-corrected chi connectivity index (χ3v) is 5.51. The van der Waals surface area contributed by atoms with Crippen LogP contribution in [0.15, 0.2) is 54.8 Å². The summed E-state index contributed by atoms with van der Waals surface area (Å²) in [5, 5.41) is 30.9. The van der Waals surface area contributed by atoms with Gasteiger partial charge >= 0.3 is 5.97 Å². The highest BCUT2D eigenvalue weighted by molar-refractivity contribution is 5.66. The molecular formula is C24H34O6. The van der Waals surface area contributed by atoms with Gasteiger partial charge in [0.2, 0.25) is 0 Å². The molecule has 0 heterocycles. The number of unbranched alkanes of at least 4 members (excludes halogenated alkanes) is 1. The molecule has 0 saturated heterocycles. The fourth-order valence-corrected chi connectivity index (χ4v) is 3.98. The van der Waals surface area contributed by atoms with E-state index in [1.165, 1.54) is 13.2 Å². The monoisotopic (exact) mass is 418 g/mol. The van der Waals surface area contributed by atoms with E-state index in [4.69, 9.17) is 9.47 Å². The Hall–Kier alpha value is -2.15. The first-order chi connectivity index (χ1) is 14.5. The molecule has 0 aromatic heterocycles. The number of hydrogen-bond acceptors (Lipinski definition) is 6. The molecule has 0 spiro atoms. The summed E-state index contributed by atoms with van der Waals surface area (Å²) < 4.78 is 10.3. The molecule has 30 heavy (non-hydrogen) atoms. The maximum atomic E-state index is 10.6. The van der Waals surface area contributed by atoms with E-state index in [9.17, 15) is 20.1 Å². The zero-order valence-corrected chi connectivity index (χ0v) is 17.6. The van der Waals surface area contributed by atoms with Crippen LogP contribution < -0.4 is 4.74 Å². The number of aliphatic hydroxyl groups is 3. The molecule has 6 nitrogen and oxygen atoms in total. The van der Waals surface area contributed by atoms with Gasteiger partial charge < -0.3 is 24.8 Å². The minimum Gasteiger partial charge on any atom is -0.491 e. The van der Waals surface area contributed by atoms with E-state index in [2.05, 4.69) is 0 Å². The molecule has 0 amide bonds. The van der Waals surface area contributed by atoms with E-state index >= 15 is 0 Å². The van der Waals surface area contributed by atoms with Gasteiger partial charge in [0.15, 0.2) is 0 Å². The first kappa shape index (κ1) is 24.1. The van der Waals surface area contributed by atoms with Crippen molar-refractivity contribution < 1.29 is 29.6 Å². The third-order valence-electron chi connectivity index (χ3n) is 5.51. The number of esters is 1. The average Bonchev–Trinajstić information content (AvgIpc) is 2.99. The van der Waals surface area contributed by atoms with Crippen molar-refractivity contribution in [3.63, 3.8) is 0 Å². The normalized spacial score (nSPS) is 25.1. The van der Waals surface area contributed by atoms with Crippen LogP contribution in [0.5, 0.6) is 5.75 Å². The highest BCUT2D eigenvalue weighted by atomic mass is 16.5. The number of aliphatic hydroxyl groups excluding tert-OH is 3. The molecule has 3 N–H and O–H groups in total. The lowest BCUT2D eigenvalue weighted by Crippen LogP contribution is -2.25. The number of para-hydroxylation sites is 1. The Bertz CT molecular complexity index is 672. The molecule has 0 radical (unpaired) electrons.